The van der Waals surface area contributed by atoms with Crippen molar-refractivity contribution in [2.75, 3.05) is 18.2 Å². The summed E-state index contributed by atoms with van der Waals surface area (Å²) in [7, 11) is 1.41. The molecule has 1 aromatic heterocycles. The van der Waals surface area contributed by atoms with Crippen LogP contribution >= 0.6 is 11.6 Å². The molecule has 0 saturated carbocycles. The Kier molecular flexibility index (Phi) is 6.68. The molecule has 146 valence electrons. The molecule has 2 rings (SSSR count). The van der Waals surface area contributed by atoms with Crippen LogP contribution in [0.15, 0.2) is 27.8 Å². The molecule has 8 nitrogen and oxygen atoms in total. The van der Waals surface area contributed by atoms with Crippen molar-refractivity contribution < 1.29 is 9.53 Å². The fourth-order valence-corrected chi connectivity index (χ4v) is 2.89. The monoisotopic (exact) mass is 394 g/mol. The van der Waals surface area contributed by atoms with Crippen molar-refractivity contribution in [3.8, 4) is 5.75 Å². The number of nitrogen functional groups attached to an aromatic ring is 1. The van der Waals surface area contributed by atoms with E-state index in [0.29, 0.717) is 24.4 Å². The van der Waals surface area contributed by atoms with Crippen LogP contribution in [0.1, 0.15) is 37.0 Å². The molecule has 0 saturated heterocycles. The van der Waals surface area contributed by atoms with Gasteiger partial charge in [0.15, 0.2) is 0 Å². The van der Waals surface area contributed by atoms with Gasteiger partial charge >= 0.3 is 5.69 Å². The van der Waals surface area contributed by atoms with Gasteiger partial charge in [-0.3, -0.25) is 18.7 Å². The number of ether oxygens (including phenoxy) is 1. The Hall–Kier alpha value is -2.74. The third-order valence-electron chi connectivity index (χ3n) is 4.01. The van der Waals surface area contributed by atoms with Gasteiger partial charge in [0.1, 0.15) is 17.3 Å². The van der Waals surface area contributed by atoms with Crippen LogP contribution in [-0.2, 0) is 13.1 Å². The first-order valence-electron chi connectivity index (χ1n) is 8.63. The number of nitrogens with one attached hydrogen (secondary N) is 1. The summed E-state index contributed by atoms with van der Waals surface area (Å²) in [5, 5.41) is 2.94. The number of benzene rings is 1. The minimum Gasteiger partial charge on any atom is -0.496 e. The van der Waals surface area contributed by atoms with Crippen LogP contribution in [0.4, 0.5) is 11.5 Å². The number of halogens is 1. The molecule has 9 heteroatoms. The van der Waals surface area contributed by atoms with E-state index in [9.17, 15) is 14.4 Å². The Morgan fingerprint density at radius 2 is 1.81 bits per heavy atom. The standard InChI is InChI=1S/C18H23ClN4O4/c1-4-8-22-15(20)14(17(25)23(9-5-2)18(22)26)21-16(24)12-7-6-11(19)10-13(12)27-3/h6-7,10H,4-5,8-9,20H2,1-3H3,(H,21,24). The number of hydrogen-bond acceptors (Lipinski definition) is 5. The highest BCUT2D eigenvalue weighted by Crippen LogP contribution is 2.24. The van der Waals surface area contributed by atoms with Crippen LogP contribution < -0.4 is 27.0 Å². The number of aromatic nitrogens is 2. The van der Waals surface area contributed by atoms with E-state index < -0.39 is 17.2 Å². The van der Waals surface area contributed by atoms with Gasteiger partial charge in [-0.05, 0) is 31.0 Å². The summed E-state index contributed by atoms with van der Waals surface area (Å²) in [5.74, 6) is -0.396. The van der Waals surface area contributed by atoms with E-state index in [0.717, 1.165) is 4.57 Å². The molecule has 27 heavy (non-hydrogen) atoms. The Balaban J connectivity index is 2.57. The predicted molar refractivity (Wildman–Crippen MR) is 106 cm³/mol. The quantitative estimate of drug-likeness (QED) is 0.749. The number of hydrogen-bond donors (Lipinski definition) is 2. The number of methoxy groups -OCH3 is 1. The average molecular weight is 395 g/mol. The highest BCUT2D eigenvalue weighted by Gasteiger charge is 2.21. The zero-order chi connectivity index (χ0) is 20.1. The lowest BCUT2D eigenvalue weighted by molar-refractivity contribution is 0.102. The fourth-order valence-electron chi connectivity index (χ4n) is 2.73. The maximum absolute atomic E-state index is 12.7. The maximum Gasteiger partial charge on any atom is 0.332 e. The van der Waals surface area contributed by atoms with Crippen molar-refractivity contribution in [3.05, 3.63) is 49.6 Å². The third kappa shape index (κ3) is 4.16. The summed E-state index contributed by atoms with van der Waals surface area (Å²) in [4.78, 5) is 38.0. The topological polar surface area (TPSA) is 108 Å². The van der Waals surface area contributed by atoms with Crippen LogP contribution in [0.3, 0.4) is 0 Å². The largest absolute Gasteiger partial charge is 0.496 e. The molecule has 0 aliphatic heterocycles. The lowest BCUT2D eigenvalue weighted by Crippen LogP contribution is -2.42. The molecule has 0 aliphatic carbocycles. The number of rotatable bonds is 7. The van der Waals surface area contributed by atoms with Crippen molar-refractivity contribution in [2.45, 2.75) is 39.8 Å². The third-order valence-corrected chi connectivity index (χ3v) is 4.24. The average Bonchev–Trinajstić information content (AvgIpc) is 2.65. The minimum atomic E-state index is -0.631. The van der Waals surface area contributed by atoms with Gasteiger partial charge in [-0.25, -0.2) is 4.79 Å². The Labute approximate surface area is 161 Å². The molecule has 0 bridgehead atoms. The van der Waals surface area contributed by atoms with E-state index in [1.54, 1.807) is 0 Å². The van der Waals surface area contributed by atoms with Crippen LogP contribution in [0, 0.1) is 0 Å². The molecule has 0 fully saturated rings. The van der Waals surface area contributed by atoms with Gasteiger partial charge in [-0.2, -0.15) is 0 Å². The molecule has 0 aliphatic rings. The first-order chi connectivity index (χ1) is 12.8. The van der Waals surface area contributed by atoms with Crippen molar-refractivity contribution in [3.63, 3.8) is 0 Å². The highest BCUT2D eigenvalue weighted by atomic mass is 35.5. The maximum atomic E-state index is 12.7. The number of nitrogens with two attached hydrogens (primary N) is 1. The van der Waals surface area contributed by atoms with E-state index in [-0.39, 0.29) is 29.4 Å². The second-order valence-corrected chi connectivity index (χ2v) is 6.39. The zero-order valence-corrected chi connectivity index (χ0v) is 16.3. The van der Waals surface area contributed by atoms with E-state index in [2.05, 4.69) is 5.32 Å². The molecule has 1 heterocycles. The molecule has 1 amide bonds. The van der Waals surface area contributed by atoms with E-state index in [1.165, 1.54) is 29.9 Å². The highest BCUT2D eigenvalue weighted by molar-refractivity contribution is 6.31. The number of carbonyl (C=O) groups excluding carboxylic acids is 1. The van der Waals surface area contributed by atoms with Crippen LogP contribution in [0.2, 0.25) is 5.02 Å². The zero-order valence-electron chi connectivity index (χ0n) is 15.5. The fraction of sp³-hybridized carbons (Fsp3) is 0.389. The molecular weight excluding hydrogens is 372 g/mol. The summed E-state index contributed by atoms with van der Waals surface area (Å²) in [6.07, 6.45) is 1.23. The van der Waals surface area contributed by atoms with Gasteiger partial charge in [0.2, 0.25) is 0 Å². The molecule has 0 spiro atoms. The van der Waals surface area contributed by atoms with Gasteiger partial charge in [0, 0.05) is 18.1 Å². The molecule has 2 aromatic rings. The number of anilines is 2. The van der Waals surface area contributed by atoms with Crippen molar-refractivity contribution in [2.24, 2.45) is 0 Å². The molecular formula is C18H23ClN4O4. The van der Waals surface area contributed by atoms with Crippen molar-refractivity contribution in [1.29, 1.82) is 0 Å². The second kappa shape index (κ2) is 8.77. The lowest BCUT2D eigenvalue weighted by Gasteiger charge is -2.17. The molecule has 0 radical (unpaired) electrons. The van der Waals surface area contributed by atoms with Crippen molar-refractivity contribution >= 4 is 29.0 Å². The van der Waals surface area contributed by atoms with Gasteiger partial charge in [0.25, 0.3) is 11.5 Å². The van der Waals surface area contributed by atoms with Crippen LogP contribution in [-0.4, -0.2) is 22.2 Å². The number of nitrogens with zero attached hydrogens (tertiary/aromatic N) is 2. The van der Waals surface area contributed by atoms with E-state index >= 15 is 0 Å². The van der Waals surface area contributed by atoms with Gasteiger partial charge < -0.3 is 15.8 Å². The number of carbonyl (C=O) groups is 1. The summed E-state index contributed by atoms with van der Waals surface area (Å²) in [6, 6.07) is 4.52. The van der Waals surface area contributed by atoms with E-state index in [1.807, 2.05) is 13.8 Å². The van der Waals surface area contributed by atoms with Crippen LogP contribution in [0.25, 0.3) is 0 Å². The normalized spacial score (nSPS) is 10.7. The Bertz CT molecular complexity index is 965. The summed E-state index contributed by atoms with van der Waals surface area (Å²) in [6.45, 7) is 4.30. The first-order valence-corrected chi connectivity index (χ1v) is 9.01. The molecule has 0 unspecified atom stereocenters. The predicted octanol–water partition coefficient (Wildman–Crippen LogP) is 2.33. The summed E-state index contributed by atoms with van der Waals surface area (Å²) < 4.78 is 7.56. The molecule has 0 atom stereocenters. The van der Waals surface area contributed by atoms with Crippen LogP contribution in [0.5, 0.6) is 5.75 Å². The number of amides is 1. The first kappa shape index (κ1) is 20.6. The SMILES string of the molecule is CCCn1c(N)c(NC(=O)c2ccc(Cl)cc2OC)c(=O)n(CCC)c1=O. The second-order valence-electron chi connectivity index (χ2n) is 5.95. The summed E-state index contributed by atoms with van der Waals surface area (Å²) >= 11 is 5.92. The van der Waals surface area contributed by atoms with Gasteiger partial charge in [-0.1, -0.05) is 25.4 Å². The smallest absolute Gasteiger partial charge is 0.332 e. The Morgan fingerprint density at radius 3 is 2.41 bits per heavy atom. The van der Waals surface area contributed by atoms with Gasteiger partial charge in [0.05, 0.1) is 12.7 Å². The van der Waals surface area contributed by atoms with E-state index in [4.69, 9.17) is 22.1 Å². The lowest BCUT2D eigenvalue weighted by atomic mass is 10.2. The molecule has 1 aromatic carbocycles. The van der Waals surface area contributed by atoms with Crippen molar-refractivity contribution in [1.82, 2.24) is 9.13 Å². The van der Waals surface area contributed by atoms with Gasteiger partial charge in [-0.15, -0.1) is 0 Å². The molecule has 3 N–H and O–H groups in total. The minimum absolute atomic E-state index is 0.0690. The summed E-state index contributed by atoms with van der Waals surface area (Å²) in [5.41, 5.74) is 4.99. The Morgan fingerprint density at radius 1 is 1.19 bits per heavy atom.